The molecule has 148 valence electrons. The van der Waals surface area contributed by atoms with E-state index in [1.807, 2.05) is 29.1 Å². The molecule has 9 nitrogen and oxygen atoms in total. The van der Waals surface area contributed by atoms with Gasteiger partial charge in [0.1, 0.15) is 5.69 Å². The number of rotatable bonds is 3. The normalized spacial score (nSPS) is 15.8. The Kier molecular flexibility index (Phi) is 4.87. The van der Waals surface area contributed by atoms with Crippen LogP contribution in [0.15, 0.2) is 43.0 Å². The van der Waals surface area contributed by atoms with E-state index in [1.54, 1.807) is 18.6 Å². The monoisotopic (exact) mass is 389 g/mol. The highest BCUT2D eigenvalue weighted by molar-refractivity contribution is 5.97. The van der Waals surface area contributed by atoms with E-state index < -0.39 is 0 Å². The molecule has 4 aromatic rings. The number of benzene rings is 1. The Morgan fingerprint density at radius 1 is 0.966 bits per heavy atom. The maximum absolute atomic E-state index is 4.52. The van der Waals surface area contributed by atoms with Gasteiger partial charge in [-0.25, -0.2) is 9.67 Å². The number of fused-ring (bicyclic) bond motifs is 1. The van der Waals surface area contributed by atoms with Crippen molar-refractivity contribution in [1.29, 1.82) is 0 Å². The van der Waals surface area contributed by atoms with Gasteiger partial charge in [-0.3, -0.25) is 5.10 Å². The van der Waals surface area contributed by atoms with Crippen LogP contribution in [0.1, 0.15) is 19.3 Å². The highest BCUT2D eigenvalue weighted by Gasteiger charge is 2.16. The Bertz CT molecular complexity index is 1060. The second kappa shape index (κ2) is 7.96. The molecule has 0 bridgehead atoms. The lowest BCUT2D eigenvalue weighted by Gasteiger charge is -2.26. The lowest BCUT2D eigenvalue weighted by atomic mass is 10.1. The molecule has 2 fully saturated rings. The summed E-state index contributed by atoms with van der Waals surface area (Å²) < 4.78 is 1.81. The largest absolute Gasteiger partial charge is 0.337 e. The fourth-order valence-corrected chi connectivity index (χ4v) is 3.25. The van der Waals surface area contributed by atoms with Crippen LogP contribution in [0.4, 0.5) is 5.95 Å². The van der Waals surface area contributed by atoms with Crippen LogP contribution in [0.3, 0.4) is 0 Å². The summed E-state index contributed by atoms with van der Waals surface area (Å²) in [7, 11) is 0. The van der Waals surface area contributed by atoms with Crippen molar-refractivity contribution in [3.8, 4) is 16.9 Å². The lowest BCUT2D eigenvalue weighted by molar-refractivity contribution is 0.577. The third-order valence-corrected chi connectivity index (χ3v) is 4.92. The van der Waals surface area contributed by atoms with Crippen LogP contribution in [0.25, 0.3) is 27.8 Å². The van der Waals surface area contributed by atoms with E-state index in [0.29, 0.717) is 5.95 Å². The van der Waals surface area contributed by atoms with E-state index in [9.17, 15) is 0 Å². The smallest absolute Gasteiger partial charge is 0.245 e. The Hall–Kier alpha value is -3.33. The first-order chi connectivity index (χ1) is 14.4. The lowest BCUT2D eigenvalue weighted by Crippen LogP contribution is -2.44. The van der Waals surface area contributed by atoms with Crippen molar-refractivity contribution < 1.29 is 0 Å². The molecule has 6 rings (SSSR count). The Labute approximate surface area is 168 Å². The molecule has 1 aliphatic carbocycles. The summed E-state index contributed by atoms with van der Waals surface area (Å²) in [5, 5.41) is 24.6. The average molecular weight is 389 g/mol. The molecule has 1 aromatic carbocycles. The van der Waals surface area contributed by atoms with Gasteiger partial charge in [0.25, 0.3) is 0 Å². The van der Waals surface area contributed by atoms with E-state index in [0.717, 1.165) is 54.0 Å². The van der Waals surface area contributed by atoms with Crippen LogP contribution in [-0.4, -0.2) is 61.3 Å². The van der Waals surface area contributed by atoms with Crippen molar-refractivity contribution in [3.63, 3.8) is 0 Å². The van der Waals surface area contributed by atoms with Crippen LogP contribution in [-0.2, 0) is 0 Å². The highest BCUT2D eigenvalue weighted by atomic mass is 15.3. The van der Waals surface area contributed by atoms with Gasteiger partial charge in [0.05, 0.1) is 23.6 Å². The highest BCUT2D eigenvalue weighted by Crippen LogP contribution is 2.29. The summed E-state index contributed by atoms with van der Waals surface area (Å²) in [4.78, 5) is 6.66. The summed E-state index contributed by atoms with van der Waals surface area (Å²) >= 11 is 0. The van der Waals surface area contributed by atoms with E-state index in [4.69, 9.17) is 0 Å². The van der Waals surface area contributed by atoms with Crippen LogP contribution < -0.4 is 10.2 Å². The Morgan fingerprint density at radius 3 is 2.52 bits per heavy atom. The van der Waals surface area contributed by atoms with Gasteiger partial charge in [0.15, 0.2) is 0 Å². The van der Waals surface area contributed by atoms with Crippen LogP contribution in [0.2, 0.25) is 0 Å². The zero-order valence-corrected chi connectivity index (χ0v) is 16.1. The summed E-state index contributed by atoms with van der Waals surface area (Å²) in [5.41, 5.74) is 3.50. The molecule has 1 saturated heterocycles. The van der Waals surface area contributed by atoms with Crippen molar-refractivity contribution in [2.75, 3.05) is 31.1 Å². The number of hydrogen-bond donors (Lipinski definition) is 2. The first kappa shape index (κ1) is 17.7. The number of H-pyrrole nitrogens is 1. The standard InChI is InChI=1S/C17H17N9.C3H6/c1-4-21-26(7-1)15-3-2-12(13-10-20-23-16(13)15)14-11-19-17(24-22-14)25-8-5-18-6-9-25;1-2-3-1/h1-4,7,10-11,18H,5-6,8-9H2,(H,20,23);1-3H2. The molecule has 0 atom stereocenters. The van der Waals surface area contributed by atoms with Gasteiger partial charge in [-0.05, 0) is 18.2 Å². The molecule has 4 heterocycles. The molecular formula is C20H23N9. The molecule has 1 saturated carbocycles. The van der Waals surface area contributed by atoms with Crippen molar-refractivity contribution in [2.24, 2.45) is 0 Å². The molecular weight excluding hydrogens is 366 g/mol. The zero-order chi connectivity index (χ0) is 19.5. The number of nitrogens with zero attached hydrogens (tertiary/aromatic N) is 7. The van der Waals surface area contributed by atoms with Crippen molar-refractivity contribution in [2.45, 2.75) is 19.3 Å². The average Bonchev–Trinajstić information content (AvgIpc) is 3.40. The first-order valence-electron chi connectivity index (χ1n) is 10.0. The summed E-state index contributed by atoms with van der Waals surface area (Å²) in [5.74, 6) is 0.673. The van der Waals surface area contributed by atoms with Crippen molar-refractivity contribution in [1.82, 2.24) is 40.5 Å². The van der Waals surface area contributed by atoms with Gasteiger partial charge in [-0.15, -0.1) is 10.2 Å². The van der Waals surface area contributed by atoms with E-state index in [-0.39, 0.29) is 0 Å². The third-order valence-electron chi connectivity index (χ3n) is 4.92. The van der Waals surface area contributed by atoms with E-state index >= 15 is 0 Å². The summed E-state index contributed by atoms with van der Waals surface area (Å²) in [6.07, 6.45) is 11.7. The van der Waals surface area contributed by atoms with Gasteiger partial charge < -0.3 is 10.2 Å². The molecule has 29 heavy (non-hydrogen) atoms. The molecule has 2 N–H and O–H groups in total. The van der Waals surface area contributed by atoms with Crippen LogP contribution >= 0.6 is 0 Å². The van der Waals surface area contributed by atoms with Crippen LogP contribution in [0.5, 0.6) is 0 Å². The zero-order valence-electron chi connectivity index (χ0n) is 16.1. The Morgan fingerprint density at radius 2 is 1.83 bits per heavy atom. The molecule has 2 aliphatic rings. The molecule has 0 unspecified atom stereocenters. The van der Waals surface area contributed by atoms with Gasteiger partial charge in [-0.2, -0.15) is 10.2 Å². The van der Waals surface area contributed by atoms with Crippen molar-refractivity contribution >= 4 is 16.9 Å². The minimum atomic E-state index is 0.673. The second-order valence-corrected chi connectivity index (χ2v) is 7.18. The molecule has 1 aliphatic heterocycles. The van der Waals surface area contributed by atoms with Crippen molar-refractivity contribution in [3.05, 3.63) is 43.0 Å². The topological polar surface area (TPSA) is 100 Å². The molecule has 0 spiro atoms. The van der Waals surface area contributed by atoms with Crippen LogP contribution in [0, 0.1) is 0 Å². The number of aromatic amines is 1. The number of nitrogens with one attached hydrogen (secondary N) is 2. The van der Waals surface area contributed by atoms with Gasteiger partial charge in [0.2, 0.25) is 5.95 Å². The molecule has 9 heteroatoms. The summed E-state index contributed by atoms with van der Waals surface area (Å²) in [6.45, 7) is 3.67. The van der Waals surface area contributed by atoms with E-state index in [1.165, 1.54) is 19.3 Å². The first-order valence-corrected chi connectivity index (χ1v) is 10.0. The number of aromatic nitrogens is 7. The Balaban J connectivity index is 0.000000556. The van der Waals surface area contributed by atoms with Gasteiger partial charge in [-0.1, -0.05) is 19.3 Å². The number of piperazine rings is 1. The fourth-order valence-electron chi connectivity index (χ4n) is 3.25. The summed E-state index contributed by atoms with van der Waals surface area (Å²) in [6, 6.07) is 5.89. The van der Waals surface area contributed by atoms with Gasteiger partial charge in [0, 0.05) is 49.5 Å². The molecule has 0 radical (unpaired) electrons. The minimum absolute atomic E-state index is 0.673. The molecule has 3 aromatic heterocycles. The van der Waals surface area contributed by atoms with E-state index in [2.05, 4.69) is 40.7 Å². The molecule has 0 amide bonds. The SMILES string of the molecule is C1CC1.c1cnn(-c2ccc(-c3cnc(N4CCNCC4)nn3)c3cn[nH]c23)c1. The number of anilines is 1. The quantitative estimate of drug-likeness (QED) is 0.554. The predicted octanol–water partition coefficient (Wildman–Crippen LogP) is 2.18. The van der Waals surface area contributed by atoms with Gasteiger partial charge >= 0.3 is 0 Å². The maximum Gasteiger partial charge on any atom is 0.245 e. The maximum atomic E-state index is 4.52. The minimum Gasteiger partial charge on any atom is -0.337 e. The fraction of sp³-hybridized carbons (Fsp3) is 0.350. The number of hydrogen-bond acceptors (Lipinski definition) is 7. The third kappa shape index (κ3) is 3.81. The second-order valence-electron chi connectivity index (χ2n) is 7.18. The predicted molar refractivity (Wildman–Crippen MR) is 111 cm³/mol.